The number of nitrogens with one attached hydrogen (secondary N) is 1. The predicted octanol–water partition coefficient (Wildman–Crippen LogP) is 3.88. The van der Waals surface area contributed by atoms with Crippen molar-refractivity contribution in [1.29, 1.82) is 0 Å². The van der Waals surface area contributed by atoms with E-state index in [0.717, 1.165) is 5.56 Å². The molecule has 0 aliphatic rings. The first-order valence-electron chi connectivity index (χ1n) is 7.29. The van der Waals surface area contributed by atoms with Crippen LogP contribution in [0.5, 0.6) is 0 Å². The predicted molar refractivity (Wildman–Crippen MR) is 103 cm³/mol. The highest BCUT2D eigenvalue weighted by molar-refractivity contribution is 8.00. The summed E-state index contributed by atoms with van der Waals surface area (Å²) in [5, 5.41) is 26.2. The van der Waals surface area contributed by atoms with Gasteiger partial charge >= 0.3 is 5.82 Å². The molecule has 1 aromatic carbocycles. The van der Waals surface area contributed by atoms with E-state index in [-0.39, 0.29) is 12.4 Å². The second-order valence-corrected chi connectivity index (χ2v) is 8.05. The third-order valence-electron chi connectivity index (χ3n) is 3.17. The Morgan fingerprint density at radius 1 is 1.30 bits per heavy atom. The van der Waals surface area contributed by atoms with Crippen LogP contribution in [-0.4, -0.2) is 30.8 Å². The van der Waals surface area contributed by atoms with Crippen molar-refractivity contribution in [3.63, 3.8) is 0 Å². The van der Waals surface area contributed by atoms with Crippen LogP contribution in [0.25, 0.3) is 0 Å². The van der Waals surface area contributed by atoms with Crippen molar-refractivity contribution in [3.8, 4) is 0 Å². The molecule has 0 bridgehead atoms. The third-order valence-corrected chi connectivity index (χ3v) is 5.88. The molecule has 0 fully saturated rings. The molecular formula is C14H10Cl2N6O3S2. The van der Waals surface area contributed by atoms with Gasteiger partial charge in [0.1, 0.15) is 6.54 Å². The van der Waals surface area contributed by atoms with Crippen LogP contribution in [0.1, 0.15) is 5.56 Å². The molecule has 9 nitrogen and oxygen atoms in total. The van der Waals surface area contributed by atoms with Crippen molar-refractivity contribution in [2.75, 3.05) is 5.32 Å². The summed E-state index contributed by atoms with van der Waals surface area (Å²) in [5.74, 6) is -0.233. The largest absolute Gasteiger partial charge is 0.389 e. The Morgan fingerprint density at radius 3 is 2.70 bits per heavy atom. The molecule has 0 unspecified atom stereocenters. The molecule has 1 N–H and O–H groups in total. The number of amides is 1. The molecule has 0 spiro atoms. The average Bonchev–Trinajstić information content (AvgIpc) is 3.24. The monoisotopic (exact) mass is 444 g/mol. The number of hydrogen-bond donors (Lipinski definition) is 1. The van der Waals surface area contributed by atoms with Crippen LogP contribution in [0, 0.1) is 10.1 Å². The van der Waals surface area contributed by atoms with Gasteiger partial charge in [0.15, 0.2) is 4.34 Å². The number of hydrogen-bond acceptors (Lipinski definition) is 8. The van der Waals surface area contributed by atoms with E-state index < -0.39 is 10.8 Å². The van der Waals surface area contributed by atoms with Gasteiger partial charge in [0.25, 0.3) is 0 Å². The van der Waals surface area contributed by atoms with Gasteiger partial charge < -0.3 is 10.1 Å². The Labute approximate surface area is 170 Å². The van der Waals surface area contributed by atoms with E-state index >= 15 is 0 Å². The Bertz CT molecular complexity index is 973. The quantitative estimate of drug-likeness (QED) is 0.254. The van der Waals surface area contributed by atoms with Gasteiger partial charge in [-0.25, -0.2) is 0 Å². The maximum atomic E-state index is 12.0. The Balaban J connectivity index is 1.55. The van der Waals surface area contributed by atoms with Crippen LogP contribution in [0.4, 0.5) is 10.9 Å². The topological polar surface area (TPSA) is 116 Å². The number of aromatic nitrogens is 4. The Kier molecular flexibility index (Phi) is 6.26. The first-order chi connectivity index (χ1) is 12.9. The lowest BCUT2D eigenvalue weighted by atomic mass is 10.2. The number of anilines is 1. The summed E-state index contributed by atoms with van der Waals surface area (Å²) in [6.07, 6.45) is 1.35. The number of nitrogens with zero attached hydrogens (tertiary/aromatic N) is 5. The van der Waals surface area contributed by atoms with E-state index in [0.29, 0.717) is 25.3 Å². The second-order valence-electron chi connectivity index (χ2n) is 5.04. The summed E-state index contributed by atoms with van der Waals surface area (Å²) in [7, 11) is 0. The third kappa shape index (κ3) is 5.16. The van der Waals surface area contributed by atoms with Crippen LogP contribution >= 0.6 is 46.3 Å². The molecule has 0 saturated carbocycles. The van der Waals surface area contributed by atoms with Crippen molar-refractivity contribution < 1.29 is 9.72 Å². The highest BCUT2D eigenvalue weighted by atomic mass is 35.5. The lowest BCUT2D eigenvalue weighted by Gasteiger charge is -2.04. The summed E-state index contributed by atoms with van der Waals surface area (Å²) in [6.45, 7) is -0.175. The van der Waals surface area contributed by atoms with Crippen LogP contribution in [0.2, 0.25) is 10.0 Å². The van der Waals surface area contributed by atoms with E-state index in [1.165, 1.54) is 40.0 Å². The average molecular weight is 445 g/mol. The zero-order valence-corrected chi connectivity index (χ0v) is 16.5. The molecule has 3 aromatic rings. The van der Waals surface area contributed by atoms with E-state index in [2.05, 4.69) is 20.6 Å². The molecule has 0 aliphatic heterocycles. The van der Waals surface area contributed by atoms with Gasteiger partial charge in [-0.3, -0.25) is 10.1 Å². The molecule has 1 amide bonds. The summed E-state index contributed by atoms with van der Waals surface area (Å²) in [4.78, 5) is 22.0. The first-order valence-corrected chi connectivity index (χ1v) is 9.85. The fraction of sp³-hybridized carbons (Fsp3) is 0.143. The molecule has 140 valence electrons. The van der Waals surface area contributed by atoms with E-state index in [1.54, 1.807) is 18.2 Å². The first kappa shape index (κ1) is 19.5. The number of carbonyl (C=O) groups is 1. The highest BCUT2D eigenvalue weighted by Gasteiger charge is 2.15. The number of carbonyl (C=O) groups excluding carboxylic acids is 1. The summed E-state index contributed by atoms with van der Waals surface area (Å²) in [5.41, 5.74) is 0.798. The lowest BCUT2D eigenvalue weighted by Crippen LogP contribution is -2.19. The highest BCUT2D eigenvalue weighted by Crippen LogP contribution is 2.33. The SMILES string of the molecule is O=C(Cn1ccc([N+](=O)[O-])n1)Nc1nnc(SCc2c(Cl)cccc2Cl)s1. The van der Waals surface area contributed by atoms with E-state index in [1.807, 2.05) is 0 Å². The van der Waals surface area contributed by atoms with Gasteiger partial charge in [0, 0.05) is 15.8 Å². The molecule has 0 aliphatic carbocycles. The number of halogens is 2. The van der Waals surface area contributed by atoms with Gasteiger partial charge in [-0.05, 0) is 22.6 Å². The second kappa shape index (κ2) is 8.65. The van der Waals surface area contributed by atoms with Crippen LogP contribution in [-0.2, 0) is 17.1 Å². The smallest absolute Gasteiger partial charge is 0.358 e. The van der Waals surface area contributed by atoms with Gasteiger partial charge in [-0.1, -0.05) is 52.4 Å². The molecular weight excluding hydrogens is 435 g/mol. The van der Waals surface area contributed by atoms with E-state index in [4.69, 9.17) is 23.2 Å². The molecule has 13 heteroatoms. The molecule has 0 saturated heterocycles. The van der Waals surface area contributed by atoms with Crippen molar-refractivity contribution in [3.05, 3.63) is 56.2 Å². The van der Waals surface area contributed by atoms with Crippen LogP contribution in [0.3, 0.4) is 0 Å². The van der Waals surface area contributed by atoms with E-state index in [9.17, 15) is 14.9 Å². The van der Waals surface area contributed by atoms with Crippen molar-refractivity contribution in [2.45, 2.75) is 16.6 Å². The number of thioether (sulfide) groups is 1. The van der Waals surface area contributed by atoms with Gasteiger partial charge in [0.2, 0.25) is 11.0 Å². The summed E-state index contributed by atoms with van der Waals surface area (Å²) < 4.78 is 1.81. The minimum absolute atomic E-state index is 0.175. The minimum atomic E-state index is -0.631. The molecule has 27 heavy (non-hydrogen) atoms. The molecule has 0 atom stereocenters. The van der Waals surface area contributed by atoms with Gasteiger partial charge in [0.05, 0.1) is 17.4 Å². The Morgan fingerprint density at radius 2 is 2.04 bits per heavy atom. The van der Waals surface area contributed by atoms with Crippen LogP contribution < -0.4 is 5.32 Å². The molecule has 2 aromatic heterocycles. The minimum Gasteiger partial charge on any atom is -0.358 e. The number of rotatable bonds is 7. The van der Waals surface area contributed by atoms with Crippen LogP contribution in [0.15, 0.2) is 34.8 Å². The van der Waals surface area contributed by atoms with Crippen molar-refractivity contribution in [2.24, 2.45) is 0 Å². The van der Waals surface area contributed by atoms with Crippen molar-refractivity contribution >= 4 is 63.2 Å². The number of nitro groups is 1. The fourth-order valence-electron chi connectivity index (χ4n) is 1.97. The number of benzene rings is 1. The Hall–Kier alpha value is -2.21. The maximum absolute atomic E-state index is 12.0. The maximum Gasteiger partial charge on any atom is 0.389 e. The van der Waals surface area contributed by atoms with Gasteiger partial charge in [-0.15, -0.1) is 10.2 Å². The molecule has 0 radical (unpaired) electrons. The zero-order chi connectivity index (χ0) is 19.4. The normalized spacial score (nSPS) is 10.7. The fourth-order valence-corrected chi connectivity index (χ4v) is 4.47. The lowest BCUT2D eigenvalue weighted by molar-refractivity contribution is -0.389. The summed E-state index contributed by atoms with van der Waals surface area (Å²) >= 11 is 14.9. The van der Waals surface area contributed by atoms with Crippen molar-refractivity contribution in [1.82, 2.24) is 20.0 Å². The zero-order valence-electron chi connectivity index (χ0n) is 13.3. The standard InChI is InChI=1S/C14H10Cl2N6O3S2/c15-9-2-1-3-10(16)8(9)7-26-14-19-18-13(27-14)17-12(23)6-21-5-4-11(20-21)22(24)25/h1-5H,6-7H2,(H,17,18,23). The summed E-state index contributed by atoms with van der Waals surface area (Å²) in [6, 6.07) is 6.50. The van der Waals surface area contributed by atoms with Gasteiger partial charge in [-0.2, -0.15) is 4.68 Å². The molecule has 2 heterocycles. The molecule has 3 rings (SSSR count).